The Labute approximate surface area is 249 Å². The summed E-state index contributed by atoms with van der Waals surface area (Å²) in [6.07, 6.45) is -2.77. The van der Waals surface area contributed by atoms with Crippen LogP contribution in [0.3, 0.4) is 0 Å². The number of carbonyl (C=O) groups excluding carboxylic acids is 3. The number of esters is 1. The van der Waals surface area contributed by atoms with Crippen molar-refractivity contribution in [3.63, 3.8) is 0 Å². The third-order valence-electron chi connectivity index (χ3n) is 6.64. The van der Waals surface area contributed by atoms with Gasteiger partial charge in [-0.05, 0) is 41.4 Å². The number of hydrogen-bond donors (Lipinski definition) is 2. The second kappa shape index (κ2) is 15.2. The van der Waals surface area contributed by atoms with Crippen LogP contribution in [0.4, 0.5) is 9.59 Å². The number of rotatable bonds is 12. The summed E-state index contributed by atoms with van der Waals surface area (Å²) in [6, 6.07) is 2.81. The van der Waals surface area contributed by atoms with Gasteiger partial charge in [0, 0.05) is 11.8 Å². The smallest absolute Gasteiger partial charge is 0.480 e. The summed E-state index contributed by atoms with van der Waals surface area (Å²) in [7, 11) is 0. The molecule has 0 spiro atoms. The quantitative estimate of drug-likeness (QED) is 0.162. The van der Waals surface area contributed by atoms with E-state index in [0.717, 1.165) is 0 Å². The molecule has 11 heteroatoms. The van der Waals surface area contributed by atoms with Gasteiger partial charge in [-0.1, -0.05) is 75.3 Å². The van der Waals surface area contributed by atoms with Crippen molar-refractivity contribution in [3.8, 4) is 11.5 Å². The topological polar surface area (TPSA) is 161 Å². The van der Waals surface area contributed by atoms with Gasteiger partial charge in [0.2, 0.25) is 0 Å². The van der Waals surface area contributed by atoms with E-state index in [-0.39, 0.29) is 47.4 Å². The van der Waals surface area contributed by atoms with Crippen molar-refractivity contribution in [1.82, 2.24) is 0 Å². The maximum absolute atomic E-state index is 12.6. The summed E-state index contributed by atoms with van der Waals surface area (Å²) in [6.45, 7) is 20.3. The van der Waals surface area contributed by atoms with Gasteiger partial charge in [-0.25, -0.2) is 9.59 Å². The van der Waals surface area contributed by atoms with Crippen molar-refractivity contribution >= 4 is 24.2 Å². The number of benzene rings is 1. The Kier molecular flexibility index (Phi) is 13.3. The van der Waals surface area contributed by atoms with E-state index in [1.807, 2.05) is 55.4 Å². The summed E-state index contributed by atoms with van der Waals surface area (Å²) in [5.74, 6) is -3.82. The van der Waals surface area contributed by atoms with Gasteiger partial charge in [0.1, 0.15) is 12.1 Å². The monoisotopic (exact) mass is 595 g/mol. The van der Waals surface area contributed by atoms with Crippen molar-refractivity contribution < 1.29 is 48.0 Å². The van der Waals surface area contributed by atoms with E-state index in [4.69, 9.17) is 29.4 Å². The Morgan fingerprint density at radius 1 is 0.810 bits per heavy atom. The molecule has 1 aromatic carbocycles. The van der Waals surface area contributed by atoms with E-state index >= 15 is 0 Å². The minimum atomic E-state index is -1.41. The van der Waals surface area contributed by atoms with E-state index in [1.165, 1.54) is 18.2 Å². The van der Waals surface area contributed by atoms with Gasteiger partial charge < -0.3 is 34.5 Å². The summed E-state index contributed by atoms with van der Waals surface area (Å²) in [4.78, 5) is 49.7. The summed E-state index contributed by atoms with van der Waals surface area (Å²) in [5, 5.41) is 9.82. The third-order valence-corrected chi connectivity index (χ3v) is 6.64. The average molecular weight is 596 g/mol. The Morgan fingerprint density at radius 3 is 1.71 bits per heavy atom. The van der Waals surface area contributed by atoms with Gasteiger partial charge in [0.25, 0.3) is 0 Å². The highest BCUT2D eigenvalue weighted by molar-refractivity contribution is 5.75. The number of ether oxygens (including phenoxy) is 5. The molecule has 5 atom stereocenters. The second-order valence-corrected chi connectivity index (χ2v) is 13.5. The molecule has 0 aliphatic heterocycles. The van der Waals surface area contributed by atoms with Crippen LogP contribution >= 0.6 is 0 Å². The molecule has 0 bridgehead atoms. The number of hydrogen-bond acceptors (Lipinski definition) is 10. The number of carboxylic acid groups (broad SMARTS) is 1. The maximum atomic E-state index is 12.6. The van der Waals surface area contributed by atoms with Crippen LogP contribution < -0.4 is 15.2 Å². The predicted molar refractivity (Wildman–Crippen MR) is 156 cm³/mol. The molecular formula is C31H49NO10. The zero-order valence-corrected chi connectivity index (χ0v) is 26.8. The minimum absolute atomic E-state index is 0.0522. The largest absolute Gasteiger partial charge is 0.513 e. The lowest BCUT2D eigenvalue weighted by Gasteiger charge is -2.32. The van der Waals surface area contributed by atoms with Crippen molar-refractivity contribution in [2.75, 3.05) is 13.2 Å². The Balaban J connectivity index is 3.46. The van der Waals surface area contributed by atoms with E-state index in [0.29, 0.717) is 5.56 Å². The van der Waals surface area contributed by atoms with Crippen LogP contribution in [0.15, 0.2) is 18.2 Å². The second-order valence-electron chi connectivity index (χ2n) is 13.5. The number of carbonyl (C=O) groups is 4. The molecule has 1 rings (SSSR count). The highest BCUT2D eigenvalue weighted by Crippen LogP contribution is 2.37. The normalized spacial score (nSPS) is 15.5. The van der Waals surface area contributed by atoms with E-state index in [2.05, 4.69) is 0 Å². The van der Waals surface area contributed by atoms with Crippen molar-refractivity contribution in [2.45, 2.75) is 94.2 Å². The summed E-state index contributed by atoms with van der Waals surface area (Å²) >= 11 is 0. The minimum Gasteiger partial charge on any atom is -0.480 e. The number of nitrogens with two attached hydrogens (primary N) is 1. The number of carboxylic acids is 1. The molecule has 1 aromatic rings. The highest BCUT2D eigenvalue weighted by Gasteiger charge is 2.36. The fraction of sp³-hybridized carbons (Fsp3) is 0.677. The molecule has 0 aromatic heterocycles. The lowest BCUT2D eigenvalue weighted by atomic mass is 9.79. The summed E-state index contributed by atoms with van der Waals surface area (Å²) < 4.78 is 26.8. The van der Waals surface area contributed by atoms with Crippen LogP contribution in [0.2, 0.25) is 0 Å². The van der Waals surface area contributed by atoms with Crippen molar-refractivity contribution in [1.29, 1.82) is 0 Å². The Bertz CT molecular complexity index is 1090. The standard InChI is InChI=1S/C31H49NO10/c1-17(2)18(3)27(35)40-20(5)19(4)24(25(32)26(33)34)21-12-13-22(41-28(36)38-15-30(6,7)8)23(14-21)42-29(37)39-16-31(9,10)11/h12-14,17-20,24-25H,15-16,32H2,1-11H3,(H,33,34)/t18?,19?,20?,24?,25-/m0/s1. The van der Waals surface area contributed by atoms with Crippen molar-refractivity contribution in [2.24, 2.45) is 34.3 Å². The fourth-order valence-electron chi connectivity index (χ4n) is 3.64. The first-order valence-electron chi connectivity index (χ1n) is 14.1. The zero-order valence-electron chi connectivity index (χ0n) is 26.8. The van der Waals surface area contributed by atoms with Gasteiger partial charge in [0.15, 0.2) is 11.5 Å². The van der Waals surface area contributed by atoms with Gasteiger partial charge in [0.05, 0.1) is 19.1 Å². The lowest BCUT2D eigenvalue weighted by Crippen LogP contribution is -2.43. The van der Waals surface area contributed by atoms with E-state index in [1.54, 1.807) is 20.8 Å². The van der Waals surface area contributed by atoms with Crippen LogP contribution in [0, 0.1) is 28.6 Å². The molecule has 42 heavy (non-hydrogen) atoms. The van der Waals surface area contributed by atoms with Gasteiger partial charge in [-0.3, -0.25) is 9.59 Å². The lowest BCUT2D eigenvalue weighted by molar-refractivity contribution is -0.157. The molecule has 0 radical (unpaired) electrons. The van der Waals surface area contributed by atoms with Gasteiger partial charge in [-0.15, -0.1) is 0 Å². The molecule has 0 fully saturated rings. The molecule has 11 nitrogen and oxygen atoms in total. The van der Waals surface area contributed by atoms with Gasteiger partial charge in [-0.2, -0.15) is 0 Å². The first-order chi connectivity index (χ1) is 19.1. The molecule has 0 aliphatic carbocycles. The molecular weight excluding hydrogens is 546 g/mol. The maximum Gasteiger partial charge on any atom is 0.513 e. The van der Waals surface area contributed by atoms with E-state index in [9.17, 15) is 24.3 Å². The molecule has 0 aliphatic rings. The Morgan fingerprint density at radius 2 is 1.29 bits per heavy atom. The molecule has 3 N–H and O–H groups in total. The fourth-order valence-corrected chi connectivity index (χ4v) is 3.64. The van der Waals surface area contributed by atoms with Crippen LogP contribution in [0.5, 0.6) is 11.5 Å². The van der Waals surface area contributed by atoms with Crippen LogP contribution in [-0.4, -0.2) is 54.7 Å². The molecule has 238 valence electrons. The summed E-state index contributed by atoms with van der Waals surface area (Å²) in [5.41, 5.74) is 5.83. The zero-order chi connectivity index (χ0) is 32.6. The molecule has 0 amide bonds. The van der Waals surface area contributed by atoms with Gasteiger partial charge >= 0.3 is 24.2 Å². The highest BCUT2D eigenvalue weighted by atomic mass is 16.7. The van der Waals surface area contributed by atoms with E-state index < -0.39 is 48.2 Å². The average Bonchev–Trinajstić information content (AvgIpc) is 2.86. The van der Waals surface area contributed by atoms with Crippen LogP contribution in [0.1, 0.15) is 87.6 Å². The SMILES string of the molecule is CC(C)C(C)C(=O)OC(C)C(C)C(c1ccc(OC(=O)OCC(C)(C)C)c(OC(=O)OCC(C)(C)C)c1)[C@H](N)C(=O)O. The van der Waals surface area contributed by atoms with Crippen LogP contribution in [0.25, 0.3) is 0 Å². The Hall–Kier alpha value is -3.34. The molecule has 0 heterocycles. The first-order valence-corrected chi connectivity index (χ1v) is 14.1. The first kappa shape index (κ1) is 36.7. The third kappa shape index (κ3) is 12.3. The molecule has 0 saturated heterocycles. The van der Waals surface area contributed by atoms with Crippen molar-refractivity contribution in [3.05, 3.63) is 23.8 Å². The predicted octanol–water partition coefficient (Wildman–Crippen LogP) is 6.17. The molecule has 0 saturated carbocycles. The molecule has 4 unspecified atom stereocenters. The van der Waals surface area contributed by atoms with Crippen LogP contribution in [-0.2, 0) is 23.8 Å². The number of aliphatic carboxylic acids is 1.